The van der Waals surface area contributed by atoms with E-state index in [1.54, 1.807) is 40.1 Å². The van der Waals surface area contributed by atoms with Crippen LogP contribution in [0.1, 0.15) is 52.5 Å². The third-order valence-corrected chi connectivity index (χ3v) is 6.72. The number of carbonyl (C=O) groups is 1. The highest BCUT2D eigenvalue weighted by Crippen LogP contribution is 2.39. The van der Waals surface area contributed by atoms with Gasteiger partial charge in [-0.15, -0.1) is 0 Å². The van der Waals surface area contributed by atoms with E-state index in [4.69, 9.17) is 0 Å². The fourth-order valence-corrected chi connectivity index (χ4v) is 4.51. The minimum absolute atomic E-state index is 0.0538. The summed E-state index contributed by atoms with van der Waals surface area (Å²) in [5.41, 5.74) is 4.63. The van der Waals surface area contributed by atoms with Gasteiger partial charge in [-0.25, -0.2) is 14.4 Å². The zero-order chi connectivity index (χ0) is 22.5. The van der Waals surface area contributed by atoms with E-state index in [0.29, 0.717) is 40.1 Å². The van der Waals surface area contributed by atoms with Crippen LogP contribution in [-0.2, 0) is 13.0 Å². The molecule has 0 N–H and O–H groups in total. The first kappa shape index (κ1) is 20.3. The molecule has 9 heteroatoms. The number of aromatic nitrogens is 6. The minimum atomic E-state index is -0.373. The maximum Gasteiger partial charge on any atom is 0.166 e. The number of nitrogens with zero attached hydrogens (tertiary/aromatic N) is 6. The molecule has 7 nitrogen and oxygen atoms in total. The Bertz CT molecular complexity index is 1510. The van der Waals surface area contributed by atoms with Crippen LogP contribution in [0.15, 0.2) is 60.0 Å². The average molecular weight is 507 g/mol. The number of hydrogen-bond acceptors (Lipinski definition) is 4. The molecule has 166 valence electrons. The van der Waals surface area contributed by atoms with E-state index in [1.807, 2.05) is 6.20 Å². The summed E-state index contributed by atoms with van der Waals surface area (Å²) in [6.45, 7) is 0.485. The maximum atomic E-state index is 14.5. The first-order valence-corrected chi connectivity index (χ1v) is 11.7. The van der Waals surface area contributed by atoms with E-state index in [0.717, 1.165) is 11.3 Å². The summed E-state index contributed by atoms with van der Waals surface area (Å²) in [5.74, 6) is 0.266. The van der Waals surface area contributed by atoms with Crippen molar-refractivity contribution in [1.82, 2.24) is 28.5 Å². The van der Waals surface area contributed by atoms with Crippen LogP contribution in [0.4, 0.5) is 4.39 Å². The van der Waals surface area contributed by atoms with Gasteiger partial charge in [-0.1, -0.05) is 6.07 Å². The number of rotatable bonds is 7. The Morgan fingerprint density at radius 3 is 2.88 bits per heavy atom. The molecule has 0 spiro atoms. The van der Waals surface area contributed by atoms with Gasteiger partial charge in [0.25, 0.3) is 0 Å². The Morgan fingerprint density at radius 1 is 1.15 bits per heavy atom. The molecule has 5 aromatic rings. The fourth-order valence-electron chi connectivity index (χ4n) is 4.20. The maximum absolute atomic E-state index is 14.5. The largest absolute Gasteiger partial charge is 0.306 e. The Labute approximate surface area is 197 Å². The summed E-state index contributed by atoms with van der Waals surface area (Å²) in [5, 5.41) is 4.34. The predicted molar refractivity (Wildman–Crippen MR) is 124 cm³/mol. The van der Waals surface area contributed by atoms with Crippen LogP contribution >= 0.6 is 15.9 Å². The van der Waals surface area contributed by atoms with Crippen LogP contribution in [0.3, 0.4) is 0 Å². The molecular formula is C24H20BrFN6O. The Morgan fingerprint density at radius 2 is 2.03 bits per heavy atom. The predicted octanol–water partition coefficient (Wildman–Crippen LogP) is 4.82. The molecule has 1 aliphatic rings. The number of halogens is 2. The zero-order valence-corrected chi connectivity index (χ0v) is 19.2. The third-order valence-electron chi connectivity index (χ3n) is 6.11. The number of carbonyl (C=O) groups excluding carboxylic acids is 1. The minimum Gasteiger partial charge on any atom is -0.306 e. The van der Waals surface area contributed by atoms with Crippen molar-refractivity contribution in [1.29, 1.82) is 0 Å². The quantitative estimate of drug-likeness (QED) is 0.296. The van der Waals surface area contributed by atoms with Gasteiger partial charge in [-0.05, 0) is 58.8 Å². The molecule has 33 heavy (non-hydrogen) atoms. The molecule has 1 saturated carbocycles. The van der Waals surface area contributed by atoms with Crippen molar-refractivity contribution in [3.63, 3.8) is 0 Å². The summed E-state index contributed by atoms with van der Waals surface area (Å²) < 4.78 is 20.3. The second-order valence-electron chi connectivity index (χ2n) is 8.51. The molecule has 6 rings (SSSR count). The van der Waals surface area contributed by atoms with Gasteiger partial charge in [0, 0.05) is 31.2 Å². The summed E-state index contributed by atoms with van der Waals surface area (Å²) in [4.78, 5) is 21.7. The molecule has 1 aliphatic carbocycles. The fraction of sp³-hybridized carbons (Fsp3) is 0.250. The highest BCUT2D eigenvalue weighted by Gasteiger charge is 2.23. The van der Waals surface area contributed by atoms with E-state index < -0.39 is 0 Å². The summed E-state index contributed by atoms with van der Waals surface area (Å²) in [6.07, 6.45) is 13.9. The standard InChI is InChI=1S/C24H20BrFN6O/c25-19-7-8-30-14-27-20(24(30)23(19)26)4-5-21(33)17-9-28-32(11-17)13-18-12-31-10-16(15-1-2-15)3-6-22(31)29-18/h3,6-12,14-15H,1-2,4-5,13H2. The molecule has 0 saturated heterocycles. The summed E-state index contributed by atoms with van der Waals surface area (Å²) in [6, 6.07) is 5.83. The van der Waals surface area contributed by atoms with Crippen LogP contribution < -0.4 is 0 Å². The number of Topliss-reactive ketones (excluding diaryl/α,β-unsaturated/α-hetero) is 1. The van der Waals surface area contributed by atoms with E-state index in [9.17, 15) is 9.18 Å². The molecule has 0 aliphatic heterocycles. The lowest BCUT2D eigenvalue weighted by atomic mass is 10.1. The number of aryl methyl sites for hydroxylation is 1. The van der Waals surface area contributed by atoms with Gasteiger partial charge < -0.3 is 8.80 Å². The highest BCUT2D eigenvalue weighted by atomic mass is 79.9. The van der Waals surface area contributed by atoms with Gasteiger partial charge in [-0.2, -0.15) is 5.10 Å². The molecule has 0 radical (unpaired) electrons. The number of ketones is 1. The van der Waals surface area contributed by atoms with Crippen LogP contribution in [0.5, 0.6) is 0 Å². The van der Waals surface area contributed by atoms with E-state index in [1.165, 1.54) is 18.4 Å². The topological polar surface area (TPSA) is 69.5 Å². The Kier molecular flexibility index (Phi) is 4.86. The van der Waals surface area contributed by atoms with Crippen molar-refractivity contribution >= 4 is 32.9 Å². The van der Waals surface area contributed by atoms with E-state index >= 15 is 0 Å². The number of imidazole rings is 2. The summed E-state index contributed by atoms with van der Waals surface area (Å²) >= 11 is 3.20. The Hall–Kier alpha value is -3.33. The van der Waals surface area contributed by atoms with Gasteiger partial charge in [0.05, 0.1) is 40.5 Å². The lowest BCUT2D eigenvalue weighted by Crippen LogP contribution is -2.03. The lowest BCUT2D eigenvalue weighted by Gasteiger charge is -2.01. The normalized spacial score (nSPS) is 13.9. The second kappa shape index (κ2) is 7.91. The molecule has 5 heterocycles. The van der Waals surface area contributed by atoms with Crippen molar-refractivity contribution in [3.8, 4) is 0 Å². The second-order valence-corrected chi connectivity index (χ2v) is 9.36. The van der Waals surface area contributed by atoms with Crippen LogP contribution in [0.2, 0.25) is 0 Å². The van der Waals surface area contributed by atoms with Crippen molar-refractivity contribution in [2.45, 2.75) is 38.1 Å². The summed E-state index contributed by atoms with van der Waals surface area (Å²) in [7, 11) is 0. The van der Waals surface area contributed by atoms with Gasteiger partial charge in [0.1, 0.15) is 11.2 Å². The Balaban J connectivity index is 1.14. The molecule has 0 bridgehead atoms. The van der Waals surface area contributed by atoms with Crippen LogP contribution in [-0.4, -0.2) is 34.3 Å². The van der Waals surface area contributed by atoms with Crippen molar-refractivity contribution in [2.75, 3.05) is 0 Å². The smallest absolute Gasteiger partial charge is 0.166 e. The van der Waals surface area contributed by atoms with E-state index in [-0.39, 0.29) is 18.0 Å². The van der Waals surface area contributed by atoms with E-state index in [2.05, 4.69) is 53.7 Å². The molecule has 1 fully saturated rings. The first-order valence-electron chi connectivity index (χ1n) is 10.9. The third kappa shape index (κ3) is 3.86. The first-order chi connectivity index (χ1) is 16.0. The molecule has 0 aromatic carbocycles. The number of fused-ring (bicyclic) bond motifs is 2. The van der Waals surface area contributed by atoms with Crippen molar-refractivity contribution in [2.24, 2.45) is 0 Å². The average Bonchev–Trinajstić information content (AvgIpc) is 3.23. The van der Waals surface area contributed by atoms with Gasteiger partial charge in [0.15, 0.2) is 11.6 Å². The van der Waals surface area contributed by atoms with Crippen LogP contribution in [0.25, 0.3) is 11.2 Å². The zero-order valence-electron chi connectivity index (χ0n) is 17.7. The molecule has 5 aromatic heterocycles. The number of pyridine rings is 2. The monoisotopic (exact) mass is 506 g/mol. The molecule has 0 atom stereocenters. The number of hydrogen-bond donors (Lipinski definition) is 0. The molecule has 0 unspecified atom stereocenters. The van der Waals surface area contributed by atoms with Gasteiger partial charge in [-0.3, -0.25) is 9.48 Å². The van der Waals surface area contributed by atoms with Gasteiger partial charge >= 0.3 is 0 Å². The SMILES string of the molecule is O=C(CCc1ncn2ccc(Br)c(F)c12)c1cnn(Cc2cn3cc(C4CC4)ccc3n2)c1. The van der Waals surface area contributed by atoms with Gasteiger partial charge in [0.2, 0.25) is 0 Å². The highest BCUT2D eigenvalue weighted by molar-refractivity contribution is 9.10. The van der Waals surface area contributed by atoms with Crippen molar-refractivity contribution in [3.05, 3.63) is 88.3 Å². The van der Waals surface area contributed by atoms with Crippen LogP contribution in [0, 0.1) is 5.82 Å². The molecule has 0 amide bonds. The van der Waals surface area contributed by atoms with Crippen molar-refractivity contribution < 1.29 is 9.18 Å². The molecular weight excluding hydrogens is 487 g/mol. The lowest BCUT2D eigenvalue weighted by molar-refractivity contribution is 0.0982.